The molecule has 0 amide bonds. The molecule has 0 heterocycles. The van der Waals surface area contributed by atoms with Gasteiger partial charge < -0.3 is 5.11 Å². The Kier molecular flexibility index (Phi) is 6.85. The molecular formula is C14H24O. The molecule has 1 nitrogen and oxygen atoms in total. The van der Waals surface area contributed by atoms with Gasteiger partial charge in [0.15, 0.2) is 0 Å². The molecule has 0 aromatic carbocycles. The van der Waals surface area contributed by atoms with Gasteiger partial charge in [0.2, 0.25) is 0 Å². The Labute approximate surface area is 94.2 Å². The van der Waals surface area contributed by atoms with E-state index in [0.717, 1.165) is 0 Å². The van der Waals surface area contributed by atoms with Crippen molar-refractivity contribution >= 4 is 0 Å². The summed E-state index contributed by atoms with van der Waals surface area (Å²) in [6.07, 6.45) is 7.58. The Bertz CT molecular complexity index is 246. The van der Waals surface area contributed by atoms with Gasteiger partial charge in [-0.2, -0.15) is 0 Å². The van der Waals surface area contributed by atoms with E-state index in [9.17, 15) is 5.11 Å². The lowest BCUT2D eigenvalue weighted by Gasteiger charge is -2.20. The van der Waals surface area contributed by atoms with Crippen LogP contribution in [0.3, 0.4) is 0 Å². The van der Waals surface area contributed by atoms with Crippen molar-refractivity contribution in [1.82, 2.24) is 0 Å². The summed E-state index contributed by atoms with van der Waals surface area (Å²) in [6, 6.07) is 0. The molecule has 0 aromatic rings. The van der Waals surface area contributed by atoms with Crippen molar-refractivity contribution < 1.29 is 5.11 Å². The molecule has 0 saturated carbocycles. The van der Waals surface area contributed by atoms with Crippen molar-refractivity contribution in [3.8, 4) is 0 Å². The molecule has 15 heavy (non-hydrogen) atoms. The summed E-state index contributed by atoms with van der Waals surface area (Å²) in [7, 11) is 0. The molecule has 0 spiro atoms. The van der Waals surface area contributed by atoms with E-state index >= 15 is 0 Å². The van der Waals surface area contributed by atoms with Gasteiger partial charge in [-0.1, -0.05) is 45.4 Å². The summed E-state index contributed by atoms with van der Waals surface area (Å²) in [5, 5.41) is 9.26. The summed E-state index contributed by atoms with van der Waals surface area (Å²) >= 11 is 0. The van der Waals surface area contributed by atoms with Crippen molar-refractivity contribution in [1.29, 1.82) is 0 Å². The van der Waals surface area contributed by atoms with Crippen LogP contribution in [0.15, 0.2) is 36.1 Å². The average molecular weight is 208 g/mol. The summed E-state index contributed by atoms with van der Waals surface area (Å²) in [6.45, 7) is 12.3. The number of hydrogen-bond acceptors (Lipinski definition) is 1. The largest absolute Gasteiger partial charge is 0.508 e. The van der Waals surface area contributed by atoms with Crippen LogP contribution in [0, 0.1) is 11.8 Å². The maximum absolute atomic E-state index is 9.26. The fourth-order valence-electron chi connectivity index (χ4n) is 1.81. The molecule has 1 unspecified atom stereocenters. The fraction of sp³-hybridized carbons (Fsp3) is 0.571. The van der Waals surface area contributed by atoms with Gasteiger partial charge >= 0.3 is 0 Å². The molecule has 0 saturated heterocycles. The van der Waals surface area contributed by atoms with Crippen molar-refractivity contribution in [2.75, 3.05) is 0 Å². The van der Waals surface area contributed by atoms with E-state index in [1.807, 2.05) is 6.08 Å². The zero-order chi connectivity index (χ0) is 11.8. The number of allylic oxidation sites excluding steroid dienone is 4. The predicted octanol–water partition coefficient (Wildman–Crippen LogP) is 4.63. The van der Waals surface area contributed by atoms with Crippen molar-refractivity contribution in [3.63, 3.8) is 0 Å². The highest BCUT2D eigenvalue weighted by molar-refractivity contribution is 5.20. The van der Waals surface area contributed by atoms with Gasteiger partial charge in [-0.15, -0.1) is 0 Å². The zero-order valence-electron chi connectivity index (χ0n) is 10.5. The minimum Gasteiger partial charge on any atom is -0.508 e. The monoisotopic (exact) mass is 208 g/mol. The maximum Gasteiger partial charge on any atom is 0.114 e. The van der Waals surface area contributed by atoms with Crippen LogP contribution < -0.4 is 0 Å². The van der Waals surface area contributed by atoms with E-state index in [2.05, 4.69) is 34.3 Å². The third kappa shape index (κ3) is 5.46. The van der Waals surface area contributed by atoms with Crippen molar-refractivity contribution in [3.05, 3.63) is 36.1 Å². The number of aliphatic hydroxyl groups is 1. The quantitative estimate of drug-likeness (QED) is 0.498. The summed E-state index contributed by atoms with van der Waals surface area (Å²) in [5.74, 6) is 1.50. The summed E-state index contributed by atoms with van der Waals surface area (Å²) < 4.78 is 0. The van der Waals surface area contributed by atoms with Crippen molar-refractivity contribution in [2.45, 2.75) is 40.5 Å². The van der Waals surface area contributed by atoms with Crippen LogP contribution in [0.2, 0.25) is 0 Å². The van der Waals surface area contributed by atoms with Crippen LogP contribution in [-0.2, 0) is 0 Å². The first kappa shape index (κ1) is 14.0. The SMILES string of the molecule is C=C/C(O)=C\C=C(/C)C(CCC)C(C)C. The van der Waals surface area contributed by atoms with Gasteiger partial charge in [0.05, 0.1) is 0 Å². The lowest BCUT2D eigenvalue weighted by atomic mass is 9.85. The van der Waals surface area contributed by atoms with Gasteiger partial charge in [0.25, 0.3) is 0 Å². The van der Waals surface area contributed by atoms with Crippen LogP contribution in [0.1, 0.15) is 40.5 Å². The Hall–Kier alpha value is -0.980. The molecule has 0 aliphatic heterocycles. The molecule has 0 bridgehead atoms. The minimum atomic E-state index is 0.230. The molecular weight excluding hydrogens is 184 g/mol. The molecule has 0 aromatic heterocycles. The molecule has 1 N–H and O–H groups in total. The highest BCUT2D eigenvalue weighted by Gasteiger charge is 2.13. The van der Waals surface area contributed by atoms with Gasteiger partial charge in [-0.05, 0) is 37.3 Å². The molecule has 1 atom stereocenters. The Morgan fingerprint density at radius 2 is 1.93 bits per heavy atom. The zero-order valence-corrected chi connectivity index (χ0v) is 10.5. The molecule has 0 aliphatic rings. The van der Waals surface area contributed by atoms with Gasteiger partial charge in [-0.25, -0.2) is 0 Å². The third-order valence-electron chi connectivity index (χ3n) is 2.72. The smallest absolute Gasteiger partial charge is 0.114 e. The van der Waals surface area contributed by atoms with E-state index in [0.29, 0.717) is 11.8 Å². The highest BCUT2D eigenvalue weighted by Crippen LogP contribution is 2.25. The second-order valence-electron chi connectivity index (χ2n) is 4.35. The molecule has 1 heteroatoms. The van der Waals surface area contributed by atoms with E-state index in [1.165, 1.54) is 24.5 Å². The molecule has 86 valence electrons. The van der Waals surface area contributed by atoms with E-state index in [-0.39, 0.29) is 5.76 Å². The minimum absolute atomic E-state index is 0.230. The second-order valence-corrected chi connectivity index (χ2v) is 4.35. The summed E-state index contributed by atoms with van der Waals surface area (Å²) in [4.78, 5) is 0. The predicted molar refractivity (Wildman–Crippen MR) is 67.9 cm³/mol. The lowest BCUT2D eigenvalue weighted by Crippen LogP contribution is -2.09. The normalized spacial score (nSPS) is 15.5. The molecule has 0 aliphatic carbocycles. The Morgan fingerprint density at radius 3 is 2.33 bits per heavy atom. The number of rotatable bonds is 6. The first-order chi connectivity index (χ1) is 7.02. The van der Waals surface area contributed by atoms with Crippen LogP contribution in [0.25, 0.3) is 0 Å². The standard InChI is InChI=1S/C14H24O/c1-6-8-14(11(3)4)12(5)9-10-13(15)7-2/h7,9-11,14-15H,2,6,8H2,1,3-5H3/b12-9+,13-10+. The highest BCUT2D eigenvalue weighted by atomic mass is 16.3. The van der Waals surface area contributed by atoms with Crippen LogP contribution in [-0.4, -0.2) is 5.11 Å². The lowest BCUT2D eigenvalue weighted by molar-refractivity contribution is 0.410. The van der Waals surface area contributed by atoms with Crippen LogP contribution >= 0.6 is 0 Å². The van der Waals surface area contributed by atoms with Crippen molar-refractivity contribution in [2.24, 2.45) is 11.8 Å². The van der Waals surface area contributed by atoms with E-state index < -0.39 is 0 Å². The number of hydrogen-bond donors (Lipinski definition) is 1. The first-order valence-corrected chi connectivity index (χ1v) is 5.72. The van der Waals surface area contributed by atoms with E-state index in [1.54, 1.807) is 6.08 Å². The van der Waals surface area contributed by atoms with Crippen LogP contribution in [0.4, 0.5) is 0 Å². The van der Waals surface area contributed by atoms with E-state index in [4.69, 9.17) is 0 Å². The van der Waals surface area contributed by atoms with Gasteiger partial charge in [-0.3, -0.25) is 0 Å². The Balaban J connectivity index is 4.61. The van der Waals surface area contributed by atoms with Gasteiger partial charge in [0.1, 0.15) is 5.76 Å². The Morgan fingerprint density at radius 1 is 1.33 bits per heavy atom. The average Bonchev–Trinajstić information content (AvgIpc) is 2.21. The molecule has 0 rings (SSSR count). The van der Waals surface area contributed by atoms with Gasteiger partial charge in [0, 0.05) is 0 Å². The van der Waals surface area contributed by atoms with Crippen LogP contribution in [0.5, 0.6) is 0 Å². The second kappa shape index (κ2) is 7.33. The molecule has 0 fully saturated rings. The summed E-state index contributed by atoms with van der Waals surface area (Å²) in [5.41, 5.74) is 1.33. The third-order valence-corrected chi connectivity index (χ3v) is 2.72. The molecule has 0 radical (unpaired) electrons. The number of aliphatic hydroxyl groups excluding tert-OH is 1. The fourth-order valence-corrected chi connectivity index (χ4v) is 1.81. The topological polar surface area (TPSA) is 20.2 Å². The maximum atomic E-state index is 9.26. The first-order valence-electron chi connectivity index (χ1n) is 5.72.